The molecule has 168 valence electrons. The predicted octanol–water partition coefficient (Wildman–Crippen LogP) is 6.35. The number of rotatable bonds is 7. The van der Waals surface area contributed by atoms with Crippen LogP contribution in [0.15, 0.2) is 18.2 Å². The van der Waals surface area contributed by atoms with Gasteiger partial charge < -0.3 is 14.2 Å². The van der Waals surface area contributed by atoms with Crippen LogP contribution in [-0.4, -0.2) is 26.1 Å². The fraction of sp³-hybridized carbons (Fsp3) is 0.750. The molecule has 30 heavy (non-hydrogen) atoms. The summed E-state index contributed by atoms with van der Waals surface area (Å²) in [5.74, 6) is 1.35. The van der Waals surface area contributed by atoms with Crippen LogP contribution < -0.4 is 4.74 Å². The molecular weight excluding hydrogens is 393 g/mol. The van der Waals surface area contributed by atoms with Crippen LogP contribution in [0.2, 0.25) is 0 Å². The first kappa shape index (κ1) is 21.9. The van der Waals surface area contributed by atoms with Gasteiger partial charge in [-0.15, -0.1) is 0 Å². The van der Waals surface area contributed by atoms with E-state index in [1.165, 1.54) is 37.8 Å². The molecule has 2 saturated carbocycles. The molecule has 2 aliphatic carbocycles. The molecule has 1 aliphatic heterocycles. The second-order valence-corrected chi connectivity index (χ2v) is 9.30. The number of hydrogen-bond acceptors (Lipinski definition) is 3. The lowest BCUT2D eigenvalue weighted by Gasteiger charge is -2.39. The molecule has 0 radical (unpaired) electrons. The Morgan fingerprint density at radius 3 is 2.23 bits per heavy atom. The number of ether oxygens (including phenoxy) is 3. The summed E-state index contributed by atoms with van der Waals surface area (Å²) >= 11 is 0. The van der Waals surface area contributed by atoms with E-state index in [1.54, 1.807) is 6.07 Å². The highest BCUT2D eigenvalue weighted by molar-refractivity contribution is 5.29. The van der Waals surface area contributed by atoms with Gasteiger partial charge in [-0.2, -0.15) is 8.78 Å². The van der Waals surface area contributed by atoms with Crippen molar-refractivity contribution < 1.29 is 27.4 Å². The molecule has 0 aromatic heterocycles. The molecule has 3 nitrogen and oxygen atoms in total. The molecule has 1 aromatic rings. The van der Waals surface area contributed by atoms with Gasteiger partial charge in [0, 0.05) is 11.8 Å². The number of benzene rings is 1. The van der Waals surface area contributed by atoms with Crippen molar-refractivity contribution in [1.82, 2.24) is 0 Å². The van der Waals surface area contributed by atoms with E-state index in [2.05, 4.69) is 4.74 Å². The van der Waals surface area contributed by atoms with Crippen LogP contribution in [0.4, 0.5) is 13.2 Å². The van der Waals surface area contributed by atoms with Crippen LogP contribution in [0.5, 0.6) is 5.75 Å². The minimum atomic E-state index is -3.01. The first-order valence-electron chi connectivity index (χ1n) is 11.5. The Hall–Kier alpha value is -1.27. The van der Waals surface area contributed by atoms with E-state index in [0.717, 1.165) is 63.2 Å². The SMILES string of the molecule is Fc1cc(CCC2CCC([C@H]3OC[C@H](C4CCCC4)CO3)CC2)ccc1OC(F)F. The molecule has 0 bridgehead atoms. The third-order valence-corrected chi connectivity index (χ3v) is 7.35. The largest absolute Gasteiger partial charge is 0.432 e. The summed E-state index contributed by atoms with van der Waals surface area (Å²) in [5.41, 5.74) is 0.827. The highest BCUT2D eigenvalue weighted by Gasteiger charge is 2.35. The number of halogens is 3. The van der Waals surface area contributed by atoms with Crippen LogP contribution in [0.3, 0.4) is 0 Å². The van der Waals surface area contributed by atoms with Crippen LogP contribution in [0, 0.1) is 29.5 Å². The zero-order valence-corrected chi connectivity index (χ0v) is 17.5. The zero-order chi connectivity index (χ0) is 20.9. The molecular formula is C24H33F3O3. The predicted molar refractivity (Wildman–Crippen MR) is 108 cm³/mol. The van der Waals surface area contributed by atoms with Gasteiger partial charge in [0.15, 0.2) is 17.9 Å². The summed E-state index contributed by atoms with van der Waals surface area (Å²) in [5, 5.41) is 0. The minimum absolute atomic E-state index is 0.0416. The van der Waals surface area contributed by atoms with Crippen LogP contribution >= 0.6 is 0 Å². The lowest BCUT2D eigenvalue weighted by molar-refractivity contribution is -0.235. The molecule has 4 rings (SSSR count). The summed E-state index contributed by atoms with van der Waals surface area (Å²) < 4.78 is 54.8. The zero-order valence-electron chi connectivity index (χ0n) is 17.5. The van der Waals surface area contributed by atoms with E-state index in [0.29, 0.717) is 17.8 Å². The minimum Gasteiger partial charge on any atom is -0.432 e. The Morgan fingerprint density at radius 1 is 0.900 bits per heavy atom. The van der Waals surface area contributed by atoms with Gasteiger partial charge in [-0.05, 0) is 68.1 Å². The summed E-state index contributed by atoms with van der Waals surface area (Å²) in [6.45, 7) is -1.30. The number of hydrogen-bond donors (Lipinski definition) is 0. The van der Waals surface area contributed by atoms with Crippen LogP contribution in [0.1, 0.15) is 63.4 Å². The van der Waals surface area contributed by atoms with Gasteiger partial charge in [-0.25, -0.2) is 4.39 Å². The first-order chi connectivity index (χ1) is 14.6. The van der Waals surface area contributed by atoms with E-state index in [4.69, 9.17) is 9.47 Å². The molecule has 3 aliphatic rings. The fourth-order valence-corrected chi connectivity index (χ4v) is 5.52. The summed E-state index contributed by atoms with van der Waals surface area (Å²) in [7, 11) is 0. The van der Waals surface area contributed by atoms with Crippen molar-refractivity contribution in [2.75, 3.05) is 13.2 Å². The Labute approximate surface area is 177 Å². The van der Waals surface area contributed by atoms with Crippen molar-refractivity contribution in [2.24, 2.45) is 23.7 Å². The van der Waals surface area contributed by atoms with Crippen molar-refractivity contribution in [1.29, 1.82) is 0 Å². The highest BCUT2D eigenvalue weighted by Crippen LogP contribution is 2.38. The molecule has 1 aromatic carbocycles. The molecule has 0 N–H and O–H groups in total. The number of aryl methyl sites for hydroxylation is 1. The van der Waals surface area contributed by atoms with Gasteiger partial charge in [0.05, 0.1) is 13.2 Å². The molecule has 3 fully saturated rings. The lowest BCUT2D eigenvalue weighted by Crippen LogP contribution is -2.40. The van der Waals surface area contributed by atoms with Gasteiger partial charge >= 0.3 is 6.61 Å². The third-order valence-electron chi connectivity index (χ3n) is 7.35. The van der Waals surface area contributed by atoms with Gasteiger partial charge in [0.25, 0.3) is 0 Å². The fourth-order valence-electron chi connectivity index (χ4n) is 5.52. The van der Waals surface area contributed by atoms with Gasteiger partial charge in [0.2, 0.25) is 0 Å². The van der Waals surface area contributed by atoms with Crippen molar-refractivity contribution in [3.05, 3.63) is 29.6 Å². The molecule has 1 heterocycles. The van der Waals surface area contributed by atoms with E-state index in [9.17, 15) is 13.2 Å². The van der Waals surface area contributed by atoms with Gasteiger partial charge in [-0.3, -0.25) is 0 Å². The lowest BCUT2D eigenvalue weighted by atomic mass is 9.79. The first-order valence-corrected chi connectivity index (χ1v) is 11.5. The molecule has 0 amide bonds. The quantitative estimate of drug-likeness (QED) is 0.509. The van der Waals surface area contributed by atoms with E-state index in [-0.39, 0.29) is 6.29 Å². The van der Waals surface area contributed by atoms with Crippen LogP contribution in [-0.2, 0) is 15.9 Å². The second kappa shape index (κ2) is 10.4. The Kier molecular flexibility index (Phi) is 7.58. The van der Waals surface area contributed by atoms with Crippen molar-refractivity contribution in [2.45, 2.75) is 77.1 Å². The van der Waals surface area contributed by atoms with Gasteiger partial charge in [-0.1, -0.05) is 31.7 Å². The molecule has 6 heteroatoms. The Balaban J connectivity index is 1.17. The van der Waals surface area contributed by atoms with E-state index >= 15 is 0 Å². The Morgan fingerprint density at radius 2 is 1.60 bits per heavy atom. The third kappa shape index (κ3) is 5.70. The average Bonchev–Trinajstić information content (AvgIpc) is 3.29. The number of alkyl halides is 2. The smallest absolute Gasteiger partial charge is 0.387 e. The summed E-state index contributed by atoms with van der Waals surface area (Å²) in [4.78, 5) is 0. The monoisotopic (exact) mass is 426 g/mol. The molecule has 0 atom stereocenters. The molecule has 0 spiro atoms. The highest BCUT2D eigenvalue weighted by atomic mass is 19.3. The summed E-state index contributed by atoms with van der Waals surface area (Å²) in [6.07, 6.45) is 11.6. The van der Waals surface area contributed by atoms with Crippen molar-refractivity contribution >= 4 is 0 Å². The second-order valence-electron chi connectivity index (χ2n) is 9.30. The van der Waals surface area contributed by atoms with Crippen LogP contribution in [0.25, 0.3) is 0 Å². The van der Waals surface area contributed by atoms with Crippen molar-refractivity contribution in [3.8, 4) is 5.75 Å². The van der Waals surface area contributed by atoms with E-state index < -0.39 is 18.2 Å². The summed E-state index contributed by atoms with van der Waals surface area (Å²) in [6, 6.07) is 4.29. The maximum absolute atomic E-state index is 13.9. The Bertz CT molecular complexity index is 662. The normalized spacial score (nSPS) is 30.7. The van der Waals surface area contributed by atoms with Gasteiger partial charge in [0.1, 0.15) is 0 Å². The van der Waals surface area contributed by atoms with E-state index in [1.807, 2.05) is 0 Å². The molecule has 0 unspecified atom stereocenters. The molecule has 1 saturated heterocycles. The average molecular weight is 427 g/mol. The maximum atomic E-state index is 13.9. The standard InChI is InChI=1S/C24H33F3O3/c25-21-13-17(9-12-22(21)30-24(26)27)6-5-16-7-10-19(11-8-16)23-28-14-20(15-29-23)18-3-1-2-4-18/h9,12-13,16,18-20,23-24H,1-8,10-11,14-15H2/t16?,19?,20-,23-. The van der Waals surface area contributed by atoms with Crippen molar-refractivity contribution in [3.63, 3.8) is 0 Å². The maximum Gasteiger partial charge on any atom is 0.387 e. The topological polar surface area (TPSA) is 27.7 Å².